The molecular formula is C15H22ClNO2. The fourth-order valence-corrected chi connectivity index (χ4v) is 3.07. The quantitative estimate of drug-likeness (QED) is 0.868. The van der Waals surface area contributed by atoms with Gasteiger partial charge < -0.3 is 15.2 Å². The first-order valence-corrected chi connectivity index (χ1v) is 7.24. The van der Waals surface area contributed by atoms with Gasteiger partial charge in [-0.3, -0.25) is 0 Å². The molecule has 0 amide bonds. The second kappa shape index (κ2) is 6.49. The van der Waals surface area contributed by atoms with Gasteiger partial charge in [-0.15, -0.1) is 0 Å². The zero-order valence-electron chi connectivity index (χ0n) is 11.6. The zero-order chi connectivity index (χ0) is 13.8. The number of nitrogens with one attached hydrogen (secondary N) is 1. The summed E-state index contributed by atoms with van der Waals surface area (Å²) in [4.78, 5) is 0. The molecule has 0 radical (unpaired) electrons. The Morgan fingerprint density at radius 1 is 1.42 bits per heavy atom. The third-order valence-corrected chi connectivity index (χ3v) is 4.11. The van der Waals surface area contributed by atoms with Crippen LogP contribution in [-0.4, -0.2) is 18.8 Å². The van der Waals surface area contributed by atoms with Crippen molar-refractivity contribution >= 4 is 11.6 Å². The first kappa shape index (κ1) is 14.5. The summed E-state index contributed by atoms with van der Waals surface area (Å²) in [5, 5.41) is 14.0. The maximum absolute atomic E-state index is 10.0. The van der Waals surface area contributed by atoms with Crippen molar-refractivity contribution in [2.24, 2.45) is 11.8 Å². The van der Waals surface area contributed by atoms with Gasteiger partial charge in [-0.1, -0.05) is 24.9 Å². The summed E-state index contributed by atoms with van der Waals surface area (Å²) in [7, 11) is 1.53. The molecule has 0 aliphatic heterocycles. The summed E-state index contributed by atoms with van der Waals surface area (Å²) in [6.45, 7) is 3.93. The SMILES string of the molecule is COc1cc(Cl)cc(CNCC2CCC(C)C2)c1O. The van der Waals surface area contributed by atoms with Crippen LogP contribution >= 0.6 is 11.6 Å². The van der Waals surface area contributed by atoms with E-state index >= 15 is 0 Å². The van der Waals surface area contributed by atoms with Gasteiger partial charge >= 0.3 is 0 Å². The van der Waals surface area contributed by atoms with Crippen LogP contribution in [0.3, 0.4) is 0 Å². The minimum atomic E-state index is 0.180. The van der Waals surface area contributed by atoms with Gasteiger partial charge in [-0.25, -0.2) is 0 Å². The highest BCUT2D eigenvalue weighted by Gasteiger charge is 2.20. The van der Waals surface area contributed by atoms with Gasteiger partial charge in [0.1, 0.15) is 0 Å². The Balaban J connectivity index is 1.90. The Labute approximate surface area is 119 Å². The fraction of sp³-hybridized carbons (Fsp3) is 0.600. The molecule has 0 aromatic heterocycles. The van der Waals surface area contributed by atoms with Crippen LogP contribution in [0.15, 0.2) is 12.1 Å². The molecule has 1 aromatic rings. The molecule has 0 bridgehead atoms. The molecule has 19 heavy (non-hydrogen) atoms. The number of ether oxygens (including phenoxy) is 1. The summed E-state index contributed by atoms with van der Waals surface area (Å²) in [5.74, 6) is 2.22. The molecule has 106 valence electrons. The fourth-order valence-electron chi connectivity index (χ4n) is 2.84. The molecule has 2 rings (SSSR count). The van der Waals surface area contributed by atoms with Gasteiger partial charge in [0, 0.05) is 23.2 Å². The predicted octanol–water partition coefficient (Wildman–Crippen LogP) is 3.58. The summed E-state index contributed by atoms with van der Waals surface area (Å²) in [6, 6.07) is 3.41. The first-order chi connectivity index (χ1) is 9.10. The lowest BCUT2D eigenvalue weighted by Gasteiger charge is -2.13. The van der Waals surface area contributed by atoms with Crippen LogP contribution in [0.1, 0.15) is 31.7 Å². The van der Waals surface area contributed by atoms with E-state index in [1.807, 2.05) is 0 Å². The average Bonchev–Trinajstić information content (AvgIpc) is 2.79. The number of methoxy groups -OCH3 is 1. The number of hydrogen-bond donors (Lipinski definition) is 2. The molecule has 1 aliphatic rings. The molecule has 0 saturated heterocycles. The monoisotopic (exact) mass is 283 g/mol. The minimum absolute atomic E-state index is 0.180. The highest BCUT2D eigenvalue weighted by atomic mass is 35.5. The lowest BCUT2D eigenvalue weighted by molar-refractivity contribution is 0.369. The van der Waals surface area contributed by atoms with Gasteiger partial charge in [0.15, 0.2) is 11.5 Å². The van der Waals surface area contributed by atoms with E-state index in [0.29, 0.717) is 17.3 Å². The molecular weight excluding hydrogens is 262 g/mol. The van der Waals surface area contributed by atoms with Gasteiger partial charge in [-0.2, -0.15) is 0 Å². The number of aromatic hydroxyl groups is 1. The van der Waals surface area contributed by atoms with Crippen molar-refractivity contribution < 1.29 is 9.84 Å². The molecule has 2 unspecified atom stereocenters. The topological polar surface area (TPSA) is 41.5 Å². The Hall–Kier alpha value is -0.930. The molecule has 0 heterocycles. The molecule has 0 spiro atoms. The number of benzene rings is 1. The summed E-state index contributed by atoms with van der Waals surface area (Å²) in [6.07, 6.45) is 3.94. The Morgan fingerprint density at radius 3 is 2.84 bits per heavy atom. The van der Waals surface area contributed by atoms with E-state index in [1.54, 1.807) is 12.1 Å². The smallest absolute Gasteiger partial charge is 0.162 e. The van der Waals surface area contributed by atoms with Crippen molar-refractivity contribution in [3.8, 4) is 11.5 Å². The second-order valence-corrected chi connectivity index (χ2v) is 5.97. The first-order valence-electron chi connectivity index (χ1n) is 6.86. The maximum Gasteiger partial charge on any atom is 0.162 e. The van der Waals surface area contributed by atoms with E-state index in [4.69, 9.17) is 16.3 Å². The van der Waals surface area contributed by atoms with Crippen LogP contribution in [0.25, 0.3) is 0 Å². The van der Waals surface area contributed by atoms with Crippen LogP contribution in [-0.2, 0) is 6.54 Å². The number of halogens is 1. The van der Waals surface area contributed by atoms with Crippen LogP contribution in [0.5, 0.6) is 11.5 Å². The van der Waals surface area contributed by atoms with Crippen LogP contribution in [0.4, 0.5) is 0 Å². The standard InChI is InChI=1S/C15H22ClNO2/c1-10-3-4-11(5-10)8-17-9-12-6-13(16)7-14(19-2)15(12)18/h6-7,10-11,17-18H,3-5,8-9H2,1-2H3. The molecule has 1 fully saturated rings. The molecule has 2 N–H and O–H groups in total. The van der Waals surface area contributed by atoms with Gasteiger partial charge in [0.25, 0.3) is 0 Å². The summed E-state index contributed by atoms with van der Waals surface area (Å²) >= 11 is 6.01. The Morgan fingerprint density at radius 2 is 2.21 bits per heavy atom. The van der Waals surface area contributed by atoms with E-state index in [2.05, 4.69) is 12.2 Å². The van der Waals surface area contributed by atoms with Gasteiger partial charge in [0.2, 0.25) is 0 Å². The van der Waals surface area contributed by atoms with Crippen molar-refractivity contribution in [3.63, 3.8) is 0 Å². The molecule has 3 nitrogen and oxygen atoms in total. The van der Waals surface area contributed by atoms with E-state index in [-0.39, 0.29) is 5.75 Å². The Kier molecular flexibility index (Phi) is 4.94. The Bertz CT molecular complexity index is 436. The van der Waals surface area contributed by atoms with Crippen molar-refractivity contribution in [2.75, 3.05) is 13.7 Å². The number of hydrogen-bond acceptors (Lipinski definition) is 3. The van der Waals surface area contributed by atoms with Crippen LogP contribution in [0.2, 0.25) is 5.02 Å². The minimum Gasteiger partial charge on any atom is -0.504 e. The van der Waals surface area contributed by atoms with E-state index in [1.165, 1.54) is 26.4 Å². The van der Waals surface area contributed by atoms with E-state index in [0.717, 1.165) is 23.9 Å². The zero-order valence-corrected chi connectivity index (χ0v) is 12.3. The maximum atomic E-state index is 10.0. The van der Waals surface area contributed by atoms with E-state index in [9.17, 15) is 5.11 Å². The highest BCUT2D eigenvalue weighted by molar-refractivity contribution is 6.30. The van der Waals surface area contributed by atoms with Crippen LogP contribution in [0, 0.1) is 11.8 Å². The van der Waals surface area contributed by atoms with Crippen molar-refractivity contribution in [3.05, 3.63) is 22.7 Å². The van der Waals surface area contributed by atoms with Crippen LogP contribution < -0.4 is 10.1 Å². The normalized spacial score (nSPS) is 22.7. The second-order valence-electron chi connectivity index (χ2n) is 5.53. The number of phenols is 1. The molecule has 1 aromatic carbocycles. The van der Waals surface area contributed by atoms with Crippen molar-refractivity contribution in [1.82, 2.24) is 5.32 Å². The largest absolute Gasteiger partial charge is 0.504 e. The summed E-state index contributed by atoms with van der Waals surface area (Å²) < 4.78 is 5.10. The van der Waals surface area contributed by atoms with Crippen molar-refractivity contribution in [1.29, 1.82) is 0 Å². The molecule has 2 atom stereocenters. The predicted molar refractivity (Wildman–Crippen MR) is 77.9 cm³/mol. The summed E-state index contributed by atoms with van der Waals surface area (Å²) in [5.41, 5.74) is 0.787. The van der Waals surface area contributed by atoms with Gasteiger partial charge in [0.05, 0.1) is 7.11 Å². The molecule has 1 saturated carbocycles. The lowest BCUT2D eigenvalue weighted by atomic mass is 10.1. The molecule has 4 heteroatoms. The van der Waals surface area contributed by atoms with E-state index < -0.39 is 0 Å². The third kappa shape index (κ3) is 3.77. The molecule has 1 aliphatic carbocycles. The average molecular weight is 284 g/mol. The van der Waals surface area contributed by atoms with Crippen molar-refractivity contribution in [2.45, 2.75) is 32.7 Å². The lowest BCUT2D eigenvalue weighted by Crippen LogP contribution is -2.21. The third-order valence-electron chi connectivity index (χ3n) is 3.89. The number of rotatable bonds is 5. The van der Waals surface area contributed by atoms with Gasteiger partial charge in [-0.05, 0) is 37.3 Å². The number of phenolic OH excluding ortho intramolecular Hbond substituents is 1. The highest BCUT2D eigenvalue weighted by Crippen LogP contribution is 2.33.